The summed E-state index contributed by atoms with van der Waals surface area (Å²) in [7, 11) is 0. The molecule has 3 nitrogen and oxygen atoms in total. The molecule has 3 fully saturated rings. The SMILES string of the molecule is CC1CC(NCC2CCC3(CCCC3)O2)CCO1. The average molecular weight is 253 g/mol. The number of nitrogens with one attached hydrogen (secondary N) is 1. The molecule has 3 atom stereocenters. The van der Waals surface area contributed by atoms with Crippen LogP contribution in [-0.4, -0.2) is 37.0 Å². The van der Waals surface area contributed by atoms with Gasteiger partial charge >= 0.3 is 0 Å². The summed E-state index contributed by atoms with van der Waals surface area (Å²) in [6, 6.07) is 0.637. The van der Waals surface area contributed by atoms with Crippen LogP contribution in [0, 0.1) is 0 Å². The van der Waals surface area contributed by atoms with Crippen molar-refractivity contribution < 1.29 is 9.47 Å². The number of rotatable bonds is 3. The zero-order valence-corrected chi connectivity index (χ0v) is 11.6. The minimum Gasteiger partial charge on any atom is -0.378 e. The minimum absolute atomic E-state index is 0.287. The molecular weight excluding hydrogens is 226 g/mol. The molecule has 1 spiro atoms. The van der Waals surface area contributed by atoms with Crippen molar-refractivity contribution in [3.8, 4) is 0 Å². The second-order valence-corrected chi connectivity index (χ2v) is 6.48. The average Bonchev–Trinajstić information content (AvgIpc) is 2.98. The topological polar surface area (TPSA) is 30.5 Å². The fourth-order valence-corrected chi connectivity index (χ4v) is 3.91. The predicted molar refractivity (Wildman–Crippen MR) is 71.7 cm³/mol. The van der Waals surface area contributed by atoms with Crippen LogP contribution in [0.3, 0.4) is 0 Å². The summed E-state index contributed by atoms with van der Waals surface area (Å²) in [5, 5.41) is 3.70. The number of ether oxygens (including phenoxy) is 2. The van der Waals surface area contributed by atoms with E-state index < -0.39 is 0 Å². The van der Waals surface area contributed by atoms with E-state index in [1.807, 2.05) is 0 Å². The van der Waals surface area contributed by atoms with Gasteiger partial charge in [0, 0.05) is 19.2 Å². The first kappa shape index (κ1) is 12.9. The van der Waals surface area contributed by atoms with Crippen molar-refractivity contribution in [1.29, 1.82) is 0 Å². The Morgan fingerprint density at radius 1 is 1.17 bits per heavy atom. The monoisotopic (exact) mass is 253 g/mol. The molecule has 0 radical (unpaired) electrons. The van der Waals surface area contributed by atoms with Crippen molar-refractivity contribution in [1.82, 2.24) is 5.32 Å². The first-order valence-corrected chi connectivity index (χ1v) is 7.79. The van der Waals surface area contributed by atoms with E-state index in [1.54, 1.807) is 0 Å². The molecule has 0 aromatic heterocycles. The molecule has 3 unspecified atom stereocenters. The highest BCUT2D eigenvalue weighted by Gasteiger charge is 2.42. The largest absolute Gasteiger partial charge is 0.378 e. The zero-order valence-electron chi connectivity index (χ0n) is 11.6. The van der Waals surface area contributed by atoms with Crippen molar-refractivity contribution in [3.63, 3.8) is 0 Å². The lowest BCUT2D eigenvalue weighted by molar-refractivity contribution is -0.0393. The molecule has 3 aliphatic rings. The summed E-state index contributed by atoms with van der Waals surface area (Å²) < 4.78 is 11.9. The maximum Gasteiger partial charge on any atom is 0.0708 e. The summed E-state index contributed by atoms with van der Waals surface area (Å²) >= 11 is 0. The molecule has 1 aliphatic carbocycles. The van der Waals surface area contributed by atoms with Gasteiger partial charge in [-0.1, -0.05) is 12.8 Å². The fourth-order valence-electron chi connectivity index (χ4n) is 3.91. The van der Waals surface area contributed by atoms with Crippen LogP contribution in [0.15, 0.2) is 0 Å². The van der Waals surface area contributed by atoms with E-state index in [9.17, 15) is 0 Å². The Kier molecular flexibility index (Phi) is 3.92. The molecule has 1 saturated carbocycles. The third-order valence-electron chi connectivity index (χ3n) is 4.97. The lowest BCUT2D eigenvalue weighted by Crippen LogP contribution is -2.41. The maximum atomic E-state index is 6.33. The van der Waals surface area contributed by atoms with Crippen molar-refractivity contribution in [2.45, 2.75) is 82.1 Å². The molecule has 2 heterocycles. The highest BCUT2D eigenvalue weighted by atomic mass is 16.5. The van der Waals surface area contributed by atoms with E-state index in [0.717, 1.165) is 26.0 Å². The van der Waals surface area contributed by atoms with Gasteiger partial charge in [0.2, 0.25) is 0 Å². The summed E-state index contributed by atoms with van der Waals surface area (Å²) in [6.45, 7) is 4.13. The van der Waals surface area contributed by atoms with Crippen LogP contribution in [0.4, 0.5) is 0 Å². The van der Waals surface area contributed by atoms with Crippen LogP contribution >= 0.6 is 0 Å². The second kappa shape index (κ2) is 5.48. The lowest BCUT2D eigenvalue weighted by Gasteiger charge is -2.29. The fraction of sp³-hybridized carbons (Fsp3) is 1.00. The maximum absolute atomic E-state index is 6.33. The van der Waals surface area contributed by atoms with Gasteiger partial charge in [-0.3, -0.25) is 0 Å². The molecule has 3 heteroatoms. The Bertz CT molecular complexity index is 276. The summed E-state index contributed by atoms with van der Waals surface area (Å²) in [4.78, 5) is 0. The molecule has 0 amide bonds. The van der Waals surface area contributed by atoms with Crippen LogP contribution in [-0.2, 0) is 9.47 Å². The summed E-state index contributed by atoms with van der Waals surface area (Å²) in [5.41, 5.74) is 0.287. The van der Waals surface area contributed by atoms with Crippen LogP contribution in [0.25, 0.3) is 0 Å². The molecule has 2 saturated heterocycles. The first-order valence-electron chi connectivity index (χ1n) is 7.79. The van der Waals surface area contributed by atoms with Gasteiger partial charge in [-0.25, -0.2) is 0 Å². The van der Waals surface area contributed by atoms with Gasteiger partial charge < -0.3 is 14.8 Å². The molecule has 0 bridgehead atoms. The zero-order chi connectivity index (χ0) is 12.4. The van der Waals surface area contributed by atoms with Gasteiger partial charge in [0.25, 0.3) is 0 Å². The molecule has 3 rings (SSSR count). The third-order valence-corrected chi connectivity index (χ3v) is 4.97. The van der Waals surface area contributed by atoms with Gasteiger partial charge in [0.15, 0.2) is 0 Å². The normalized spacial score (nSPS) is 39.5. The van der Waals surface area contributed by atoms with E-state index in [2.05, 4.69) is 12.2 Å². The minimum atomic E-state index is 0.287. The molecule has 0 aromatic carbocycles. The number of hydrogen-bond donors (Lipinski definition) is 1. The third kappa shape index (κ3) is 2.89. The van der Waals surface area contributed by atoms with Crippen molar-refractivity contribution in [2.75, 3.05) is 13.2 Å². The van der Waals surface area contributed by atoms with Gasteiger partial charge in [0.1, 0.15) is 0 Å². The molecule has 2 aliphatic heterocycles. The molecule has 18 heavy (non-hydrogen) atoms. The van der Waals surface area contributed by atoms with Crippen molar-refractivity contribution >= 4 is 0 Å². The van der Waals surface area contributed by atoms with Gasteiger partial charge in [-0.15, -0.1) is 0 Å². The van der Waals surface area contributed by atoms with E-state index in [0.29, 0.717) is 18.2 Å². The Balaban J connectivity index is 1.41. The van der Waals surface area contributed by atoms with E-state index in [-0.39, 0.29) is 5.60 Å². The number of hydrogen-bond acceptors (Lipinski definition) is 3. The van der Waals surface area contributed by atoms with E-state index in [4.69, 9.17) is 9.47 Å². The van der Waals surface area contributed by atoms with E-state index >= 15 is 0 Å². The second-order valence-electron chi connectivity index (χ2n) is 6.48. The molecule has 104 valence electrons. The van der Waals surface area contributed by atoms with Crippen LogP contribution < -0.4 is 5.32 Å². The van der Waals surface area contributed by atoms with Gasteiger partial charge in [-0.2, -0.15) is 0 Å². The van der Waals surface area contributed by atoms with Crippen molar-refractivity contribution in [3.05, 3.63) is 0 Å². The standard InChI is InChI=1S/C15H27NO2/c1-12-10-13(5-9-17-12)16-11-14-4-8-15(18-14)6-2-3-7-15/h12-14,16H,2-11H2,1H3. The van der Waals surface area contributed by atoms with E-state index in [1.165, 1.54) is 38.5 Å². The molecule has 1 N–H and O–H groups in total. The summed E-state index contributed by atoms with van der Waals surface area (Å²) in [5.74, 6) is 0. The van der Waals surface area contributed by atoms with Crippen LogP contribution in [0.2, 0.25) is 0 Å². The van der Waals surface area contributed by atoms with Crippen LogP contribution in [0.1, 0.15) is 58.3 Å². The van der Waals surface area contributed by atoms with Crippen molar-refractivity contribution in [2.24, 2.45) is 0 Å². The quantitative estimate of drug-likeness (QED) is 0.838. The Labute approximate surface area is 111 Å². The Hall–Kier alpha value is -0.120. The molecular formula is C15H27NO2. The smallest absolute Gasteiger partial charge is 0.0708 e. The first-order chi connectivity index (χ1) is 8.76. The van der Waals surface area contributed by atoms with Gasteiger partial charge in [0.05, 0.1) is 17.8 Å². The molecule has 0 aromatic rings. The highest BCUT2D eigenvalue weighted by molar-refractivity contribution is 4.93. The Morgan fingerprint density at radius 3 is 2.78 bits per heavy atom. The van der Waals surface area contributed by atoms with Crippen LogP contribution in [0.5, 0.6) is 0 Å². The lowest BCUT2D eigenvalue weighted by atomic mass is 9.98. The predicted octanol–water partition coefficient (Wildman–Crippen LogP) is 2.64. The summed E-state index contributed by atoms with van der Waals surface area (Å²) in [6.07, 6.45) is 11.1. The van der Waals surface area contributed by atoms with Gasteiger partial charge in [-0.05, 0) is 45.4 Å². The highest BCUT2D eigenvalue weighted by Crippen LogP contribution is 2.43. The Morgan fingerprint density at radius 2 is 2.00 bits per heavy atom.